The van der Waals surface area contributed by atoms with Crippen molar-refractivity contribution in [3.8, 4) is 6.07 Å². The van der Waals surface area contributed by atoms with E-state index < -0.39 is 17.0 Å². The second-order valence-corrected chi connectivity index (χ2v) is 7.16. The molecule has 134 valence electrons. The Morgan fingerprint density at radius 3 is 2.72 bits per heavy atom. The minimum Gasteiger partial charge on any atom is -0.371 e. The van der Waals surface area contributed by atoms with Gasteiger partial charge in [0.25, 0.3) is 0 Å². The van der Waals surface area contributed by atoms with E-state index in [2.05, 4.69) is 11.4 Å². The first kappa shape index (κ1) is 17.7. The summed E-state index contributed by atoms with van der Waals surface area (Å²) in [5.41, 5.74) is -0.204. The van der Waals surface area contributed by atoms with Gasteiger partial charge in [-0.3, -0.25) is 4.79 Å². The number of nitriles is 1. The van der Waals surface area contributed by atoms with E-state index in [4.69, 9.17) is 0 Å². The Hall–Kier alpha value is -2.16. The van der Waals surface area contributed by atoms with E-state index in [9.17, 15) is 18.8 Å². The van der Waals surface area contributed by atoms with Crippen LogP contribution >= 0.6 is 0 Å². The summed E-state index contributed by atoms with van der Waals surface area (Å²) >= 11 is 0. The first-order valence-corrected chi connectivity index (χ1v) is 8.94. The molecule has 1 saturated carbocycles. The van der Waals surface area contributed by atoms with Crippen molar-refractivity contribution in [1.82, 2.24) is 5.32 Å². The fourth-order valence-electron chi connectivity index (χ4n) is 3.87. The SMILES string of the molecule is N#CC1(C(=O)NC[C@H]2CCN(c3ccc(F)c(F)c3)C2)CCCCC1. The lowest BCUT2D eigenvalue weighted by Gasteiger charge is -2.29. The normalized spacial score (nSPS) is 22.4. The van der Waals surface area contributed by atoms with Gasteiger partial charge in [0, 0.05) is 31.4 Å². The Morgan fingerprint density at radius 2 is 2.04 bits per heavy atom. The van der Waals surface area contributed by atoms with Crippen LogP contribution in [0.1, 0.15) is 38.5 Å². The van der Waals surface area contributed by atoms with Gasteiger partial charge in [-0.2, -0.15) is 5.26 Å². The molecular weight excluding hydrogens is 324 g/mol. The molecule has 25 heavy (non-hydrogen) atoms. The number of hydrogen-bond acceptors (Lipinski definition) is 3. The molecule has 1 heterocycles. The zero-order chi connectivity index (χ0) is 17.9. The molecule has 3 rings (SSSR count). The van der Waals surface area contributed by atoms with Gasteiger partial charge in [-0.25, -0.2) is 8.78 Å². The number of halogens is 2. The van der Waals surface area contributed by atoms with Crippen molar-refractivity contribution in [3.05, 3.63) is 29.8 Å². The van der Waals surface area contributed by atoms with E-state index in [-0.39, 0.29) is 11.8 Å². The van der Waals surface area contributed by atoms with Crippen LogP contribution in [0.3, 0.4) is 0 Å². The summed E-state index contributed by atoms with van der Waals surface area (Å²) in [7, 11) is 0. The molecule has 6 heteroatoms. The van der Waals surface area contributed by atoms with Crippen LogP contribution in [0.5, 0.6) is 0 Å². The van der Waals surface area contributed by atoms with E-state index in [1.165, 1.54) is 6.07 Å². The summed E-state index contributed by atoms with van der Waals surface area (Å²) in [6.07, 6.45) is 5.09. The maximum Gasteiger partial charge on any atom is 0.240 e. The lowest BCUT2D eigenvalue weighted by molar-refractivity contribution is -0.129. The van der Waals surface area contributed by atoms with Gasteiger partial charge in [0.1, 0.15) is 5.41 Å². The number of hydrogen-bond donors (Lipinski definition) is 1. The van der Waals surface area contributed by atoms with Crippen molar-refractivity contribution < 1.29 is 13.6 Å². The van der Waals surface area contributed by atoms with Crippen LogP contribution < -0.4 is 10.2 Å². The van der Waals surface area contributed by atoms with Crippen molar-refractivity contribution in [3.63, 3.8) is 0 Å². The molecule has 1 saturated heterocycles. The number of nitrogens with zero attached hydrogens (tertiary/aromatic N) is 2. The maximum atomic E-state index is 13.4. The number of anilines is 1. The zero-order valence-corrected chi connectivity index (χ0v) is 14.2. The van der Waals surface area contributed by atoms with Gasteiger partial charge in [-0.1, -0.05) is 19.3 Å². The molecule has 1 amide bonds. The molecular formula is C19H23F2N3O. The minimum atomic E-state index is -0.864. The van der Waals surface area contributed by atoms with E-state index in [0.29, 0.717) is 31.6 Å². The standard InChI is InChI=1S/C19H23F2N3O/c20-16-5-4-15(10-17(16)21)24-9-6-14(12-24)11-23-18(25)19(13-22)7-2-1-3-8-19/h4-5,10,14H,1-3,6-9,11-12H2,(H,23,25)/t14-/m1/s1. The van der Waals surface area contributed by atoms with E-state index in [1.54, 1.807) is 6.07 Å². The average molecular weight is 347 g/mol. The van der Waals surface area contributed by atoms with Crippen molar-refractivity contribution in [2.75, 3.05) is 24.5 Å². The molecule has 1 aliphatic carbocycles. The quantitative estimate of drug-likeness (QED) is 0.908. The summed E-state index contributed by atoms with van der Waals surface area (Å²) in [5, 5.41) is 12.4. The van der Waals surface area contributed by atoms with E-state index in [0.717, 1.165) is 38.3 Å². The van der Waals surface area contributed by atoms with Crippen molar-refractivity contribution in [1.29, 1.82) is 5.26 Å². The molecule has 2 aliphatic rings. The summed E-state index contributed by atoms with van der Waals surface area (Å²) in [6, 6.07) is 6.16. The van der Waals surface area contributed by atoms with Gasteiger partial charge < -0.3 is 10.2 Å². The Labute approximate surface area is 146 Å². The Morgan fingerprint density at radius 1 is 1.28 bits per heavy atom. The highest BCUT2D eigenvalue weighted by Gasteiger charge is 2.40. The summed E-state index contributed by atoms with van der Waals surface area (Å²) in [5.74, 6) is -1.60. The largest absolute Gasteiger partial charge is 0.371 e. The third-order valence-corrected chi connectivity index (χ3v) is 5.46. The third kappa shape index (κ3) is 3.76. The van der Waals surface area contributed by atoms with Gasteiger partial charge in [-0.05, 0) is 37.3 Å². The Kier molecular flexibility index (Phi) is 5.22. The van der Waals surface area contributed by atoms with Crippen LogP contribution in [-0.2, 0) is 4.79 Å². The van der Waals surface area contributed by atoms with Crippen LogP contribution in [-0.4, -0.2) is 25.5 Å². The van der Waals surface area contributed by atoms with Gasteiger partial charge in [0.15, 0.2) is 11.6 Å². The van der Waals surface area contributed by atoms with E-state index >= 15 is 0 Å². The highest BCUT2D eigenvalue weighted by Crippen LogP contribution is 2.36. The number of carbonyl (C=O) groups is 1. The van der Waals surface area contributed by atoms with Gasteiger partial charge in [0.05, 0.1) is 6.07 Å². The highest BCUT2D eigenvalue weighted by molar-refractivity contribution is 5.85. The summed E-state index contributed by atoms with van der Waals surface area (Å²) in [4.78, 5) is 14.5. The van der Waals surface area contributed by atoms with Crippen LogP contribution in [0.15, 0.2) is 18.2 Å². The molecule has 1 aromatic rings. The summed E-state index contributed by atoms with van der Waals surface area (Å²) in [6.45, 7) is 1.95. The van der Waals surface area contributed by atoms with Crippen molar-refractivity contribution in [2.24, 2.45) is 11.3 Å². The highest BCUT2D eigenvalue weighted by atomic mass is 19.2. The Bertz CT molecular complexity index is 680. The first-order valence-electron chi connectivity index (χ1n) is 8.94. The fraction of sp³-hybridized carbons (Fsp3) is 0.579. The molecule has 1 atom stereocenters. The number of amides is 1. The van der Waals surface area contributed by atoms with Crippen molar-refractivity contribution in [2.45, 2.75) is 38.5 Å². The third-order valence-electron chi connectivity index (χ3n) is 5.46. The minimum absolute atomic E-state index is 0.152. The lowest BCUT2D eigenvalue weighted by atomic mass is 9.74. The maximum absolute atomic E-state index is 13.4. The number of rotatable bonds is 4. The number of carbonyl (C=O) groups excluding carboxylic acids is 1. The molecule has 0 radical (unpaired) electrons. The fourth-order valence-corrected chi connectivity index (χ4v) is 3.87. The topological polar surface area (TPSA) is 56.1 Å². The zero-order valence-electron chi connectivity index (χ0n) is 14.2. The Balaban J connectivity index is 1.54. The van der Waals surface area contributed by atoms with Crippen LogP contribution in [0.4, 0.5) is 14.5 Å². The van der Waals surface area contributed by atoms with Crippen LogP contribution in [0, 0.1) is 34.3 Å². The second-order valence-electron chi connectivity index (χ2n) is 7.16. The molecule has 0 aromatic heterocycles. The molecule has 1 N–H and O–H groups in total. The van der Waals surface area contributed by atoms with Gasteiger partial charge in [-0.15, -0.1) is 0 Å². The predicted molar refractivity (Wildman–Crippen MR) is 90.8 cm³/mol. The molecule has 1 aromatic carbocycles. The van der Waals surface area contributed by atoms with Gasteiger partial charge in [0.2, 0.25) is 5.91 Å². The number of benzene rings is 1. The summed E-state index contributed by atoms with van der Waals surface area (Å²) < 4.78 is 26.4. The molecule has 0 bridgehead atoms. The molecule has 0 unspecified atom stereocenters. The van der Waals surface area contributed by atoms with E-state index in [1.807, 2.05) is 4.90 Å². The molecule has 2 fully saturated rings. The van der Waals surface area contributed by atoms with Crippen LogP contribution in [0.25, 0.3) is 0 Å². The molecule has 4 nitrogen and oxygen atoms in total. The molecule has 1 aliphatic heterocycles. The monoisotopic (exact) mass is 347 g/mol. The van der Waals surface area contributed by atoms with Crippen LogP contribution in [0.2, 0.25) is 0 Å². The van der Waals surface area contributed by atoms with Crippen molar-refractivity contribution >= 4 is 11.6 Å². The van der Waals surface area contributed by atoms with Gasteiger partial charge >= 0.3 is 0 Å². The average Bonchev–Trinajstić information content (AvgIpc) is 3.11. The lowest BCUT2D eigenvalue weighted by Crippen LogP contribution is -2.43. The predicted octanol–water partition coefficient (Wildman–Crippen LogP) is 3.38. The first-order chi connectivity index (χ1) is 12.0. The second kappa shape index (κ2) is 7.38. The number of nitrogens with one attached hydrogen (secondary N) is 1. The molecule has 0 spiro atoms. The smallest absolute Gasteiger partial charge is 0.240 e.